The van der Waals surface area contributed by atoms with Gasteiger partial charge >= 0.3 is 11.9 Å². The molecule has 0 aliphatic carbocycles. The third-order valence-corrected chi connectivity index (χ3v) is 1.93. The smallest absolute Gasteiger partial charge is 0.333 e. The second-order valence-electron chi connectivity index (χ2n) is 3.61. The summed E-state index contributed by atoms with van der Waals surface area (Å²) in [5, 5.41) is 0. The van der Waals surface area contributed by atoms with Crippen LogP contribution in [0.4, 0.5) is 0 Å². The van der Waals surface area contributed by atoms with Crippen LogP contribution >= 0.6 is 0 Å². The SMILES string of the molecule is C=C(C)C(=O)OC(CCC)CC(=O)OCC. The van der Waals surface area contributed by atoms with E-state index in [4.69, 9.17) is 9.47 Å². The van der Waals surface area contributed by atoms with Crippen molar-refractivity contribution < 1.29 is 19.1 Å². The van der Waals surface area contributed by atoms with Gasteiger partial charge in [0.05, 0.1) is 13.0 Å². The molecule has 0 bridgehead atoms. The van der Waals surface area contributed by atoms with Crippen LogP contribution in [0.5, 0.6) is 0 Å². The van der Waals surface area contributed by atoms with E-state index in [0.29, 0.717) is 18.6 Å². The van der Waals surface area contributed by atoms with E-state index in [0.717, 1.165) is 6.42 Å². The van der Waals surface area contributed by atoms with Gasteiger partial charge in [-0.05, 0) is 20.3 Å². The average molecular weight is 228 g/mol. The summed E-state index contributed by atoms with van der Waals surface area (Å²) in [6, 6.07) is 0. The number of esters is 2. The highest BCUT2D eigenvalue weighted by Gasteiger charge is 2.18. The van der Waals surface area contributed by atoms with E-state index >= 15 is 0 Å². The third kappa shape index (κ3) is 6.22. The summed E-state index contributed by atoms with van der Waals surface area (Å²) in [4.78, 5) is 22.5. The standard InChI is InChI=1S/C12H20O4/c1-5-7-10(8-11(13)15-6-2)16-12(14)9(3)4/h10H,3,5-8H2,1-2,4H3. The summed E-state index contributed by atoms with van der Waals surface area (Å²) in [7, 11) is 0. The van der Waals surface area contributed by atoms with E-state index in [2.05, 4.69) is 6.58 Å². The zero-order chi connectivity index (χ0) is 12.6. The molecule has 0 aliphatic heterocycles. The Balaban J connectivity index is 4.21. The Labute approximate surface area is 96.6 Å². The molecule has 0 aromatic carbocycles. The van der Waals surface area contributed by atoms with Crippen molar-refractivity contribution in [2.75, 3.05) is 6.61 Å². The van der Waals surface area contributed by atoms with E-state index in [-0.39, 0.29) is 12.4 Å². The highest BCUT2D eigenvalue weighted by Crippen LogP contribution is 2.10. The lowest BCUT2D eigenvalue weighted by atomic mass is 10.1. The van der Waals surface area contributed by atoms with Gasteiger partial charge in [-0.15, -0.1) is 0 Å². The fourth-order valence-corrected chi connectivity index (χ4v) is 1.18. The summed E-state index contributed by atoms with van der Waals surface area (Å²) in [6.45, 7) is 9.12. The van der Waals surface area contributed by atoms with Crippen LogP contribution in [0.15, 0.2) is 12.2 Å². The highest BCUT2D eigenvalue weighted by molar-refractivity contribution is 5.87. The lowest BCUT2D eigenvalue weighted by Crippen LogP contribution is -2.23. The summed E-state index contributed by atoms with van der Waals surface area (Å²) in [6.07, 6.45) is 1.19. The summed E-state index contributed by atoms with van der Waals surface area (Å²) in [5.41, 5.74) is 0.338. The van der Waals surface area contributed by atoms with Crippen molar-refractivity contribution in [1.29, 1.82) is 0 Å². The summed E-state index contributed by atoms with van der Waals surface area (Å²) >= 11 is 0. The van der Waals surface area contributed by atoms with Crippen molar-refractivity contribution in [2.45, 2.75) is 46.1 Å². The molecule has 0 spiro atoms. The summed E-state index contributed by atoms with van der Waals surface area (Å²) < 4.78 is 9.94. The molecule has 92 valence electrons. The number of ether oxygens (including phenoxy) is 2. The van der Waals surface area contributed by atoms with Gasteiger partial charge in [-0.1, -0.05) is 19.9 Å². The Morgan fingerprint density at radius 2 is 1.94 bits per heavy atom. The number of carbonyl (C=O) groups excluding carboxylic acids is 2. The Morgan fingerprint density at radius 3 is 2.38 bits per heavy atom. The molecule has 0 rings (SSSR count). The van der Waals surface area contributed by atoms with Gasteiger partial charge in [0.15, 0.2) is 0 Å². The van der Waals surface area contributed by atoms with Crippen LogP contribution < -0.4 is 0 Å². The molecule has 0 aromatic heterocycles. The van der Waals surface area contributed by atoms with Gasteiger partial charge in [0, 0.05) is 5.57 Å². The van der Waals surface area contributed by atoms with Crippen LogP contribution in [-0.2, 0) is 19.1 Å². The van der Waals surface area contributed by atoms with E-state index in [1.165, 1.54) is 0 Å². The first-order chi connectivity index (χ1) is 7.51. The molecule has 0 radical (unpaired) electrons. The van der Waals surface area contributed by atoms with Crippen LogP contribution in [0.2, 0.25) is 0 Å². The molecule has 16 heavy (non-hydrogen) atoms. The minimum Gasteiger partial charge on any atom is -0.466 e. The number of hydrogen-bond donors (Lipinski definition) is 0. The van der Waals surface area contributed by atoms with Gasteiger partial charge in [0.2, 0.25) is 0 Å². The van der Waals surface area contributed by atoms with Crippen LogP contribution in [0, 0.1) is 0 Å². The Bertz CT molecular complexity index is 258. The molecule has 4 nitrogen and oxygen atoms in total. The van der Waals surface area contributed by atoms with Crippen molar-refractivity contribution >= 4 is 11.9 Å². The second kappa shape index (κ2) is 7.91. The molecule has 0 fully saturated rings. The van der Waals surface area contributed by atoms with Crippen LogP contribution in [0.25, 0.3) is 0 Å². The molecule has 0 aliphatic rings. The maximum atomic E-state index is 11.3. The lowest BCUT2D eigenvalue weighted by molar-refractivity contribution is -0.152. The largest absolute Gasteiger partial charge is 0.466 e. The fourth-order valence-electron chi connectivity index (χ4n) is 1.18. The fraction of sp³-hybridized carbons (Fsp3) is 0.667. The zero-order valence-corrected chi connectivity index (χ0v) is 10.2. The molecular formula is C12H20O4. The molecule has 0 aromatic rings. The topological polar surface area (TPSA) is 52.6 Å². The van der Waals surface area contributed by atoms with Crippen LogP contribution in [0.1, 0.15) is 40.0 Å². The van der Waals surface area contributed by atoms with Gasteiger partial charge in [0.1, 0.15) is 6.10 Å². The molecule has 1 atom stereocenters. The zero-order valence-electron chi connectivity index (χ0n) is 10.2. The predicted molar refractivity (Wildman–Crippen MR) is 60.9 cm³/mol. The van der Waals surface area contributed by atoms with Crippen molar-refractivity contribution in [1.82, 2.24) is 0 Å². The lowest BCUT2D eigenvalue weighted by Gasteiger charge is -2.16. The molecule has 0 amide bonds. The Morgan fingerprint density at radius 1 is 1.31 bits per heavy atom. The molecule has 0 saturated carbocycles. The van der Waals surface area contributed by atoms with Crippen molar-refractivity contribution in [3.8, 4) is 0 Å². The Kier molecular flexibility index (Phi) is 7.25. The predicted octanol–water partition coefficient (Wildman–Crippen LogP) is 2.23. The monoisotopic (exact) mass is 228 g/mol. The third-order valence-electron chi connectivity index (χ3n) is 1.93. The Hall–Kier alpha value is -1.32. The van der Waals surface area contributed by atoms with E-state index in [9.17, 15) is 9.59 Å². The van der Waals surface area contributed by atoms with Gasteiger partial charge in [-0.2, -0.15) is 0 Å². The average Bonchev–Trinajstić information content (AvgIpc) is 2.17. The second-order valence-corrected chi connectivity index (χ2v) is 3.61. The van der Waals surface area contributed by atoms with Gasteiger partial charge in [-0.3, -0.25) is 4.79 Å². The first kappa shape index (κ1) is 14.7. The number of rotatable bonds is 7. The van der Waals surface area contributed by atoms with Crippen LogP contribution in [0.3, 0.4) is 0 Å². The molecule has 0 saturated heterocycles. The first-order valence-electron chi connectivity index (χ1n) is 5.53. The molecule has 4 heteroatoms. The normalized spacial score (nSPS) is 11.7. The van der Waals surface area contributed by atoms with E-state index < -0.39 is 12.1 Å². The summed E-state index contributed by atoms with van der Waals surface area (Å²) in [5.74, 6) is -0.793. The quantitative estimate of drug-likeness (QED) is 0.495. The van der Waals surface area contributed by atoms with Crippen molar-refractivity contribution in [2.24, 2.45) is 0 Å². The highest BCUT2D eigenvalue weighted by atomic mass is 16.6. The minimum absolute atomic E-state index is 0.112. The van der Waals surface area contributed by atoms with E-state index in [1.54, 1.807) is 13.8 Å². The van der Waals surface area contributed by atoms with Crippen LogP contribution in [-0.4, -0.2) is 24.6 Å². The first-order valence-corrected chi connectivity index (χ1v) is 5.53. The minimum atomic E-state index is -0.456. The molecular weight excluding hydrogens is 208 g/mol. The van der Waals surface area contributed by atoms with Gasteiger partial charge < -0.3 is 9.47 Å². The maximum Gasteiger partial charge on any atom is 0.333 e. The van der Waals surface area contributed by atoms with Crippen molar-refractivity contribution in [3.63, 3.8) is 0 Å². The van der Waals surface area contributed by atoms with E-state index in [1.807, 2.05) is 6.92 Å². The maximum absolute atomic E-state index is 11.3. The molecule has 0 heterocycles. The van der Waals surface area contributed by atoms with Crippen molar-refractivity contribution in [3.05, 3.63) is 12.2 Å². The van der Waals surface area contributed by atoms with Gasteiger partial charge in [-0.25, -0.2) is 4.79 Å². The molecule has 0 N–H and O–H groups in total. The number of hydrogen-bond acceptors (Lipinski definition) is 4. The molecule has 1 unspecified atom stereocenters. The van der Waals surface area contributed by atoms with Gasteiger partial charge in [0.25, 0.3) is 0 Å². The number of carbonyl (C=O) groups is 2.